The van der Waals surface area contributed by atoms with E-state index in [9.17, 15) is 0 Å². The van der Waals surface area contributed by atoms with Gasteiger partial charge < -0.3 is 0 Å². The molecule has 1 heteroatoms. The first-order valence-corrected chi connectivity index (χ1v) is 12.9. The third kappa shape index (κ3) is 14.1. The van der Waals surface area contributed by atoms with E-state index in [1.165, 1.54) is 94.4 Å². The molecule has 132 valence electrons. The topological polar surface area (TPSA) is 0 Å². The van der Waals surface area contributed by atoms with Crippen LogP contribution in [-0.4, -0.2) is 20.9 Å². The molecule has 0 aliphatic heterocycles. The summed E-state index contributed by atoms with van der Waals surface area (Å²) < 4.78 is 3.13. The molecule has 0 amide bonds. The average Bonchev–Trinajstić information content (AvgIpc) is 2.59. The molecule has 1 aromatic rings. The minimum absolute atomic E-state index is 0.106. The van der Waals surface area contributed by atoms with Crippen LogP contribution in [-0.2, 0) is 0 Å². The summed E-state index contributed by atoms with van der Waals surface area (Å²) in [5.41, 5.74) is 0. The second-order valence-corrected chi connectivity index (χ2v) is 10.1. The van der Waals surface area contributed by atoms with Crippen molar-refractivity contribution in [3.63, 3.8) is 0 Å². The molecule has 0 atom stereocenters. The van der Waals surface area contributed by atoms with Gasteiger partial charge >= 0.3 is 130 Å². The van der Waals surface area contributed by atoms with Crippen molar-refractivity contribution in [2.24, 2.45) is 0 Å². The van der Waals surface area contributed by atoms with Gasteiger partial charge in [-0.15, -0.1) is 0 Å². The minimum atomic E-state index is 0.106. The SMILES string of the molecule is CCCCCCCCCCCCCCCC[Te]c1ccccc1. The molecule has 0 saturated heterocycles. The van der Waals surface area contributed by atoms with E-state index in [2.05, 4.69) is 37.3 Å². The van der Waals surface area contributed by atoms with Crippen molar-refractivity contribution in [1.29, 1.82) is 0 Å². The maximum atomic E-state index is 2.31. The van der Waals surface area contributed by atoms with E-state index in [0.29, 0.717) is 0 Å². The molecule has 0 nitrogen and oxygen atoms in total. The Morgan fingerprint density at radius 3 is 1.48 bits per heavy atom. The van der Waals surface area contributed by atoms with E-state index >= 15 is 0 Å². The van der Waals surface area contributed by atoms with Crippen LogP contribution in [0.1, 0.15) is 96.8 Å². The third-order valence-electron chi connectivity index (χ3n) is 4.51. The van der Waals surface area contributed by atoms with Gasteiger partial charge in [0.1, 0.15) is 0 Å². The summed E-state index contributed by atoms with van der Waals surface area (Å²) >= 11 is 0.106. The van der Waals surface area contributed by atoms with Crippen molar-refractivity contribution < 1.29 is 0 Å². The van der Waals surface area contributed by atoms with Crippen molar-refractivity contribution in [2.75, 3.05) is 0 Å². The van der Waals surface area contributed by atoms with E-state index in [0.717, 1.165) is 0 Å². The standard InChI is InChI=1S/C22H38Te/c1-2-3-4-5-6-7-8-9-10-11-12-13-14-18-21-23-22-19-16-15-17-20-22/h15-17,19-20H,2-14,18,21H2,1H3. The molecule has 0 N–H and O–H groups in total. The first-order valence-electron chi connectivity index (χ1n) is 10.1. The molecule has 1 aromatic carbocycles. The number of benzene rings is 1. The predicted octanol–water partition coefficient (Wildman–Crippen LogP) is 6.92. The molecule has 0 saturated carbocycles. The monoisotopic (exact) mass is 432 g/mol. The van der Waals surface area contributed by atoms with E-state index in [4.69, 9.17) is 0 Å². The fourth-order valence-corrected chi connectivity index (χ4v) is 5.67. The Hall–Kier alpha value is 0.00961. The van der Waals surface area contributed by atoms with Gasteiger partial charge in [-0.1, -0.05) is 26.2 Å². The van der Waals surface area contributed by atoms with E-state index in [1.54, 1.807) is 3.61 Å². The second kappa shape index (κ2) is 16.9. The van der Waals surface area contributed by atoms with E-state index in [-0.39, 0.29) is 20.9 Å². The molecular weight excluding hydrogens is 392 g/mol. The summed E-state index contributed by atoms with van der Waals surface area (Å²) in [5.74, 6) is 0. The number of hydrogen-bond acceptors (Lipinski definition) is 0. The molecule has 1 rings (SSSR count). The van der Waals surface area contributed by atoms with E-state index < -0.39 is 0 Å². The zero-order valence-electron chi connectivity index (χ0n) is 15.4. The van der Waals surface area contributed by atoms with Crippen molar-refractivity contribution >= 4 is 24.5 Å². The Morgan fingerprint density at radius 1 is 0.565 bits per heavy atom. The molecule has 0 unspecified atom stereocenters. The normalized spacial score (nSPS) is 11.0. The van der Waals surface area contributed by atoms with E-state index in [1.807, 2.05) is 0 Å². The zero-order valence-corrected chi connectivity index (χ0v) is 17.7. The summed E-state index contributed by atoms with van der Waals surface area (Å²) in [6.45, 7) is 2.30. The quantitative estimate of drug-likeness (QED) is 0.197. The molecule has 23 heavy (non-hydrogen) atoms. The van der Waals surface area contributed by atoms with Crippen LogP contribution >= 0.6 is 0 Å². The Kier molecular flexibility index (Phi) is 15.4. The van der Waals surface area contributed by atoms with Crippen LogP contribution in [0.15, 0.2) is 30.3 Å². The number of hydrogen-bond donors (Lipinski definition) is 0. The van der Waals surface area contributed by atoms with Crippen molar-refractivity contribution in [3.05, 3.63) is 30.3 Å². The molecule has 0 aliphatic carbocycles. The van der Waals surface area contributed by atoms with Gasteiger partial charge in [0.15, 0.2) is 0 Å². The first-order chi connectivity index (χ1) is 11.4. The van der Waals surface area contributed by atoms with Crippen molar-refractivity contribution in [2.45, 2.75) is 101 Å². The van der Waals surface area contributed by atoms with Gasteiger partial charge in [0.25, 0.3) is 0 Å². The van der Waals surface area contributed by atoms with Gasteiger partial charge in [-0.3, -0.25) is 0 Å². The Bertz CT molecular complexity index is 333. The zero-order chi connectivity index (χ0) is 16.4. The van der Waals surface area contributed by atoms with Gasteiger partial charge in [-0.2, -0.15) is 0 Å². The summed E-state index contributed by atoms with van der Waals surface area (Å²) in [4.78, 5) is 0. The van der Waals surface area contributed by atoms with Crippen LogP contribution in [0.25, 0.3) is 0 Å². The Morgan fingerprint density at radius 2 is 1.00 bits per heavy atom. The Balaban J connectivity index is 1.72. The van der Waals surface area contributed by atoms with Crippen LogP contribution in [0.2, 0.25) is 4.47 Å². The van der Waals surface area contributed by atoms with Gasteiger partial charge in [-0.05, 0) is 0 Å². The van der Waals surface area contributed by atoms with Crippen LogP contribution in [0, 0.1) is 0 Å². The molecule has 0 aromatic heterocycles. The summed E-state index contributed by atoms with van der Waals surface area (Å²) in [5, 5.41) is 0. The number of rotatable bonds is 16. The van der Waals surface area contributed by atoms with Crippen LogP contribution in [0.3, 0.4) is 0 Å². The van der Waals surface area contributed by atoms with Gasteiger partial charge in [-0.25, -0.2) is 0 Å². The maximum absolute atomic E-state index is 2.31. The summed E-state index contributed by atoms with van der Waals surface area (Å²) in [7, 11) is 0. The number of unbranched alkanes of at least 4 members (excludes halogenated alkanes) is 13. The fraction of sp³-hybridized carbons (Fsp3) is 0.727. The molecule has 0 aliphatic rings. The predicted molar refractivity (Wildman–Crippen MR) is 107 cm³/mol. The van der Waals surface area contributed by atoms with Crippen LogP contribution < -0.4 is 3.61 Å². The molecular formula is C22H38Te. The molecule has 0 spiro atoms. The third-order valence-corrected chi connectivity index (χ3v) is 7.64. The molecule has 0 bridgehead atoms. The fourth-order valence-electron chi connectivity index (χ4n) is 3.00. The summed E-state index contributed by atoms with van der Waals surface area (Å²) in [6, 6.07) is 11.1. The van der Waals surface area contributed by atoms with Crippen LogP contribution in [0.5, 0.6) is 0 Å². The van der Waals surface area contributed by atoms with Gasteiger partial charge in [0, 0.05) is 0 Å². The summed E-state index contributed by atoms with van der Waals surface area (Å²) in [6.07, 6.45) is 20.5. The Labute approximate surface area is 155 Å². The molecule has 0 heterocycles. The average molecular weight is 430 g/mol. The van der Waals surface area contributed by atoms with Crippen LogP contribution in [0.4, 0.5) is 0 Å². The molecule has 0 radical (unpaired) electrons. The first kappa shape index (κ1) is 21.1. The molecule has 0 fully saturated rings. The van der Waals surface area contributed by atoms with Crippen molar-refractivity contribution in [3.8, 4) is 0 Å². The van der Waals surface area contributed by atoms with Crippen molar-refractivity contribution in [1.82, 2.24) is 0 Å². The van der Waals surface area contributed by atoms with Gasteiger partial charge in [0.05, 0.1) is 0 Å². The second-order valence-electron chi connectivity index (χ2n) is 6.76. The van der Waals surface area contributed by atoms with Gasteiger partial charge in [0.2, 0.25) is 0 Å².